The van der Waals surface area contributed by atoms with Gasteiger partial charge in [0.05, 0.1) is 5.52 Å². The number of rotatable bonds is 3. The van der Waals surface area contributed by atoms with Gasteiger partial charge in [-0.25, -0.2) is 0 Å². The monoisotopic (exact) mass is 320 g/mol. The zero-order valence-electron chi connectivity index (χ0n) is 10.2. The van der Waals surface area contributed by atoms with E-state index in [9.17, 15) is 9.59 Å². The Kier molecular flexibility index (Phi) is 3.14. The standard InChI is InChI=1S/C14H13BrN2O2/c15-9-1-4-11-12(7-9)17(6-5-13(11)18)8-14(19)16-10-2-3-10/h1,4-7,10H,2-3,8H2,(H,16,19). The van der Waals surface area contributed by atoms with Gasteiger partial charge in [0.15, 0.2) is 5.43 Å². The van der Waals surface area contributed by atoms with Gasteiger partial charge in [-0.2, -0.15) is 0 Å². The van der Waals surface area contributed by atoms with Crippen LogP contribution in [0.25, 0.3) is 10.9 Å². The third-order valence-electron chi connectivity index (χ3n) is 3.20. The van der Waals surface area contributed by atoms with Crippen LogP contribution in [0.2, 0.25) is 0 Å². The molecule has 1 aromatic carbocycles. The lowest BCUT2D eigenvalue weighted by Gasteiger charge is -2.11. The van der Waals surface area contributed by atoms with Crippen molar-refractivity contribution in [1.29, 1.82) is 0 Å². The van der Waals surface area contributed by atoms with E-state index in [0.29, 0.717) is 11.4 Å². The van der Waals surface area contributed by atoms with Gasteiger partial charge in [0.25, 0.3) is 0 Å². The van der Waals surface area contributed by atoms with Gasteiger partial charge >= 0.3 is 0 Å². The number of pyridine rings is 1. The number of hydrogen-bond donors (Lipinski definition) is 1. The first-order valence-electron chi connectivity index (χ1n) is 6.21. The molecule has 1 aliphatic carbocycles. The van der Waals surface area contributed by atoms with Crippen LogP contribution in [0, 0.1) is 0 Å². The smallest absolute Gasteiger partial charge is 0.240 e. The first-order valence-corrected chi connectivity index (χ1v) is 7.01. The Morgan fingerprint density at radius 3 is 2.89 bits per heavy atom. The van der Waals surface area contributed by atoms with Crippen LogP contribution >= 0.6 is 15.9 Å². The Morgan fingerprint density at radius 1 is 1.37 bits per heavy atom. The van der Waals surface area contributed by atoms with Gasteiger partial charge in [0.1, 0.15) is 6.54 Å². The molecule has 0 radical (unpaired) electrons. The molecule has 1 N–H and O–H groups in total. The summed E-state index contributed by atoms with van der Waals surface area (Å²) in [4.78, 5) is 23.6. The molecule has 0 saturated heterocycles. The molecule has 98 valence electrons. The summed E-state index contributed by atoms with van der Waals surface area (Å²) in [5, 5.41) is 3.58. The van der Waals surface area contributed by atoms with Gasteiger partial charge in [-0.05, 0) is 31.0 Å². The Morgan fingerprint density at radius 2 is 2.16 bits per heavy atom. The van der Waals surface area contributed by atoms with Crippen LogP contribution in [0.1, 0.15) is 12.8 Å². The molecule has 1 saturated carbocycles. The summed E-state index contributed by atoms with van der Waals surface area (Å²) in [6.07, 6.45) is 3.81. The average Bonchev–Trinajstić information content (AvgIpc) is 3.16. The summed E-state index contributed by atoms with van der Waals surface area (Å²) in [5.74, 6) is -0.00701. The third kappa shape index (κ3) is 2.71. The number of nitrogens with one attached hydrogen (secondary N) is 1. The summed E-state index contributed by atoms with van der Waals surface area (Å²) in [7, 11) is 0. The molecule has 0 atom stereocenters. The Bertz CT molecular complexity index is 704. The maximum atomic E-state index is 11.9. The highest BCUT2D eigenvalue weighted by molar-refractivity contribution is 9.10. The summed E-state index contributed by atoms with van der Waals surface area (Å²) in [6.45, 7) is 0.240. The van der Waals surface area contributed by atoms with Crippen molar-refractivity contribution in [1.82, 2.24) is 9.88 Å². The highest BCUT2D eigenvalue weighted by Gasteiger charge is 2.23. The van der Waals surface area contributed by atoms with Crippen LogP contribution < -0.4 is 10.7 Å². The number of fused-ring (bicyclic) bond motifs is 1. The minimum atomic E-state index is -0.0265. The summed E-state index contributed by atoms with van der Waals surface area (Å²) in [5.41, 5.74) is 0.745. The molecule has 1 amide bonds. The molecule has 19 heavy (non-hydrogen) atoms. The van der Waals surface area contributed by atoms with Crippen LogP contribution in [0.3, 0.4) is 0 Å². The fourth-order valence-corrected chi connectivity index (χ4v) is 2.42. The number of carbonyl (C=O) groups excluding carboxylic acids is 1. The van der Waals surface area contributed by atoms with E-state index in [1.807, 2.05) is 12.1 Å². The second kappa shape index (κ2) is 4.81. The van der Waals surface area contributed by atoms with Crippen molar-refractivity contribution in [3.63, 3.8) is 0 Å². The molecular formula is C14H13BrN2O2. The van der Waals surface area contributed by atoms with E-state index < -0.39 is 0 Å². The molecule has 4 nitrogen and oxygen atoms in total. The highest BCUT2D eigenvalue weighted by atomic mass is 79.9. The maximum absolute atomic E-state index is 11.9. The number of carbonyl (C=O) groups is 1. The summed E-state index contributed by atoms with van der Waals surface area (Å²) < 4.78 is 2.70. The molecule has 1 aliphatic rings. The van der Waals surface area contributed by atoms with E-state index >= 15 is 0 Å². The van der Waals surface area contributed by atoms with Crippen LogP contribution in [0.15, 0.2) is 39.7 Å². The SMILES string of the molecule is O=C(Cn1ccc(=O)c2ccc(Br)cc21)NC1CC1. The number of aromatic nitrogens is 1. The lowest BCUT2D eigenvalue weighted by Crippen LogP contribution is -2.29. The normalized spacial score (nSPS) is 14.6. The van der Waals surface area contributed by atoms with Crippen LogP contribution in [-0.2, 0) is 11.3 Å². The summed E-state index contributed by atoms with van der Waals surface area (Å²) >= 11 is 3.39. The van der Waals surface area contributed by atoms with Crippen molar-refractivity contribution >= 4 is 32.7 Å². The van der Waals surface area contributed by atoms with E-state index in [1.54, 1.807) is 16.8 Å². The largest absolute Gasteiger partial charge is 0.352 e. The number of amides is 1. The molecule has 0 aliphatic heterocycles. The van der Waals surface area contributed by atoms with E-state index in [4.69, 9.17) is 0 Å². The van der Waals surface area contributed by atoms with Gasteiger partial charge in [-0.3, -0.25) is 9.59 Å². The van der Waals surface area contributed by atoms with Gasteiger partial charge in [0.2, 0.25) is 5.91 Å². The molecule has 5 heteroatoms. The van der Waals surface area contributed by atoms with Gasteiger partial charge in [0, 0.05) is 28.2 Å². The van der Waals surface area contributed by atoms with Gasteiger partial charge in [-0.1, -0.05) is 15.9 Å². The molecule has 0 bridgehead atoms. The van der Waals surface area contributed by atoms with Crippen molar-refractivity contribution in [2.75, 3.05) is 0 Å². The van der Waals surface area contributed by atoms with Crippen LogP contribution in [-0.4, -0.2) is 16.5 Å². The van der Waals surface area contributed by atoms with E-state index in [1.165, 1.54) is 6.07 Å². The van der Waals surface area contributed by atoms with E-state index in [0.717, 1.165) is 22.8 Å². The lowest BCUT2D eigenvalue weighted by molar-refractivity contribution is -0.121. The predicted molar refractivity (Wildman–Crippen MR) is 77.1 cm³/mol. The zero-order chi connectivity index (χ0) is 13.4. The molecule has 1 fully saturated rings. The van der Waals surface area contributed by atoms with Crippen molar-refractivity contribution in [3.05, 3.63) is 45.2 Å². The maximum Gasteiger partial charge on any atom is 0.240 e. The number of halogens is 1. The molecule has 2 aromatic rings. The highest BCUT2D eigenvalue weighted by Crippen LogP contribution is 2.19. The van der Waals surface area contributed by atoms with E-state index in [2.05, 4.69) is 21.2 Å². The van der Waals surface area contributed by atoms with Crippen LogP contribution in [0.4, 0.5) is 0 Å². The van der Waals surface area contributed by atoms with Gasteiger partial charge in [-0.15, -0.1) is 0 Å². The van der Waals surface area contributed by atoms with Crippen LogP contribution in [0.5, 0.6) is 0 Å². The Balaban J connectivity index is 1.97. The fraction of sp³-hybridized carbons (Fsp3) is 0.286. The zero-order valence-corrected chi connectivity index (χ0v) is 11.8. The molecule has 0 unspecified atom stereocenters. The lowest BCUT2D eigenvalue weighted by atomic mass is 10.2. The number of benzene rings is 1. The van der Waals surface area contributed by atoms with E-state index in [-0.39, 0.29) is 17.9 Å². The minimum Gasteiger partial charge on any atom is -0.352 e. The average molecular weight is 321 g/mol. The van der Waals surface area contributed by atoms with Gasteiger partial charge < -0.3 is 9.88 Å². The van der Waals surface area contributed by atoms with Crippen molar-refractivity contribution in [3.8, 4) is 0 Å². The molecule has 0 spiro atoms. The third-order valence-corrected chi connectivity index (χ3v) is 3.69. The Labute approximate surface area is 118 Å². The predicted octanol–water partition coefficient (Wildman–Crippen LogP) is 2.04. The fourth-order valence-electron chi connectivity index (χ4n) is 2.07. The molecule has 1 aromatic heterocycles. The van der Waals surface area contributed by atoms with Crippen molar-refractivity contribution in [2.45, 2.75) is 25.4 Å². The summed E-state index contributed by atoms with van der Waals surface area (Å²) in [6, 6.07) is 7.32. The molecule has 3 rings (SSSR count). The number of nitrogens with zero attached hydrogens (tertiary/aromatic N) is 1. The number of hydrogen-bond acceptors (Lipinski definition) is 2. The second-order valence-corrected chi connectivity index (χ2v) is 5.73. The quantitative estimate of drug-likeness (QED) is 0.941. The molecule has 1 heterocycles. The first-order chi connectivity index (χ1) is 9.13. The topological polar surface area (TPSA) is 51.1 Å². The Hall–Kier alpha value is -1.62. The minimum absolute atomic E-state index is 0.00701. The van der Waals surface area contributed by atoms with Crippen molar-refractivity contribution < 1.29 is 4.79 Å². The first kappa shape index (κ1) is 12.4. The second-order valence-electron chi connectivity index (χ2n) is 4.81. The molecular weight excluding hydrogens is 308 g/mol. The van der Waals surface area contributed by atoms with Crippen molar-refractivity contribution in [2.24, 2.45) is 0 Å².